The second-order valence-electron chi connectivity index (χ2n) is 6.06. The summed E-state index contributed by atoms with van der Waals surface area (Å²) in [4.78, 5) is 29.8. The fraction of sp³-hybridized carbons (Fsp3) is 0.222. The van der Waals surface area contributed by atoms with E-state index in [1.165, 1.54) is 18.2 Å². The largest absolute Gasteiger partial charge is 0.350 e. The summed E-state index contributed by atoms with van der Waals surface area (Å²) in [6.07, 6.45) is 2.49. The van der Waals surface area contributed by atoms with Crippen LogP contribution >= 0.6 is 0 Å². The molecule has 24 heavy (non-hydrogen) atoms. The smallest absolute Gasteiger partial charge is 0.268 e. The highest BCUT2D eigenvalue weighted by atomic mass is 19.1. The number of hydrogen-bond donors (Lipinski definition) is 3. The van der Waals surface area contributed by atoms with Crippen molar-refractivity contribution in [2.75, 3.05) is 0 Å². The van der Waals surface area contributed by atoms with Crippen molar-refractivity contribution >= 4 is 16.8 Å². The van der Waals surface area contributed by atoms with Gasteiger partial charge in [-0.05, 0) is 49.1 Å². The van der Waals surface area contributed by atoms with Crippen LogP contribution in [0.5, 0.6) is 0 Å². The molecule has 2 aromatic heterocycles. The monoisotopic (exact) mass is 325 g/mol. The van der Waals surface area contributed by atoms with Gasteiger partial charge in [0.05, 0.1) is 6.04 Å². The minimum Gasteiger partial charge on any atom is -0.350 e. The number of fused-ring (bicyclic) bond motifs is 2. The van der Waals surface area contributed by atoms with E-state index in [1.54, 1.807) is 18.2 Å². The van der Waals surface area contributed by atoms with E-state index in [1.807, 2.05) is 0 Å². The van der Waals surface area contributed by atoms with Crippen LogP contribution in [-0.2, 0) is 6.42 Å². The number of pyridine rings is 1. The van der Waals surface area contributed by atoms with E-state index in [0.29, 0.717) is 16.6 Å². The Kier molecular flexibility index (Phi) is 3.45. The standard InChI is InChI=1S/C18H16FN3O2/c19-12-3-1-4-15-11(12)9-16(20-15)18(24)22-14-6-2-5-13-10(14)7-8-17(23)21-13/h1,3-4,7-9,14,20H,2,5-6H2,(H,21,23)(H,22,24)/t14-/m1/s1. The number of amides is 1. The van der Waals surface area contributed by atoms with Crippen LogP contribution in [-0.4, -0.2) is 15.9 Å². The van der Waals surface area contributed by atoms with Gasteiger partial charge in [-0.25, -0.2) is 4.39 Å². The molecule has 1 aliphatic carbocycles. The molecular formula is C18H16FN3O2. The van der Waals surface area contributed by atoms with Gasteiger partial charge in [-0.3, -0.25) is 9.59 Å². The average molecular weight is 325 g/mol. The Morgan fingerprint density at radius 2 is 2.08 bits per heavy atom. The molecule has 2 heterocycles. The van der Waals surface area contributed by atoms with Crippen molar-refractivity contribution in [3.63, 3.8) is 0 Å². The van der Waals surface area contributed by atoms with Crippen LogP contribution in [0.25, 0.3) is 10.9 Å². The van der Waals surface area contributed by atoms with Gasteiger partial charge in [0, 0.05) is 22.7 Å². The first-order valence-corrected chi connectivity index (χ1v) is 7.92. The van der Waals surface area contributed by atoms with E-state index in [0.717, 1.165) is 30.5 Å². The molecule has 3 aromatic rings. The number of hydrogen-bond acceptors (Lipinski definition) is 2. The topological polar surface area (TPSA) is 77.8 Å². The SMILES string of the molecule is O=C(N[C@@H]1CCCc2[nH]c(=O)ccc21)c1cc2c(F)cccc2[nH]1. The highest BCUT2D eigenvalue weighted by Crippen LogP contribution is 2.28. The number of aryl methyl sites for hydroxylation is 1. The number of halogens is 1. The molecule has 0 saturated heterocycles. The zero-order valence-electron chi connectivity index (χ0n) is 12.9. The van der Waals surface area contributed by atoms with Crippen LogP contribution in [0, 0.1) is 5.82 Å². The van der Waals surface area contributed by atoms with Crippen LogP contribution in [0.15, 0.2) is 41.2 Å². The second-order valence-corrected chi connectivity index (χ2v) is 6.06. The van der Waals surface area contributed by atoms with Gasteiger partial charge in [-0.15, -0.1) is 0 Å². The summed E-state index contributed by atoms with van der Waals surface area (Å²) < 4.78 is 13.8. The lowest BCUT2D eigenvalue weighted by atomic mass is 9.91. The van der Waals surface area contributed by atoms with Gasteiger partial charge in [-0.1, -0.05) is 6.07 Å². The predicted octanol–water partition coefficient (Wildman–Crippen LogP) is 2.80. The zero-order valence-corrected chi connectivity index (χ0v) is 12.9. The van der Waals surface area contributed by atoms with Crippen LogP contribution in [0.4, 0.5) is 4.39 Å². The summed E-state index contributed by atoms with van der Waals surface area (Å²) in [6.45, 7) is 0. The predicted molar refractivity (Wildman–Crippen MR) is 88.5 cm³/mol. The number of benzene rings is 1. The molecule has 4 rings (SSSR count). The second kappa shape index (κ2) is 5.63. The molecule has 0 spiro atoms. The number of carbonyl (C=O) groups excluding carboxylic acids is 1. The number of H-pyrrole nitrogens is 2. The molecule has 1 aliphatic rings. The fourth-order valence-corrected chi connectivity index (χ4v) is 3.33. The van der Waals surface area contributed by atoms with Gasteiger partial charge >= 0.3 is 0 Å². The summed E-state index contributed by atoms with van der Waals surface area (Å²) in [6, 6.07) is 9.31. The van der Waals surface area contributed by atoms with E-state index in [4.69, 9.17) is 0 Å². The number of rotatable bonds is 2. The van der Waals surface area contributed by atoms with Crippen molar-refractivity contribution in [1.29, 1.82) is 0 Å². The van der Waals surface area contributed by atoms with E-state index in [-0.39, 0.29) is 23.3 Å². The van der Waals surface area contributed by atoms with Crippen molar-refractivity contribution in [3.05, 3.63) is 69.5 Å². The van der Waals surface area contributed by atoms with Gasteiger partial charge in [0.15, 0.2) is 0 Å². The van der Waals surface area contributed by atoms with E-state index < -0.39 is 0 Å². The number of carbonyl (C=O) groups is 1. The summed E-state index contributed by atoms with van der Waals surface area (Å²) >= 11 is 0. The number of nitrogens with one attached hydrogen (secondary N) is 3. The summed E-state index contributed by atoms with van der Waals surface area (Å²) in [5.41, 5.74) is 2.60. The molecule has 3 N–H and O–H groups in total. The molecule has 0 bridgehead atoms. The molecule has 6 heteroatoms. The van der Waals surface area contributed by atoms with Crippen molar-refractivity contribution in [3.8, 4) is 0 Å². The number of aromatic nitrogens is 2. The van der Waals surface area contributed by atoms with Crippen molar-refractivity contribution in [2.24, 2.45) is 0 Å². The quantitative estimate of drug-likeness (QED) is 0.677. The third-order valence-corrected chi connectivity index (χ3v) is 4.49. The van der Waals surface area contributed by atoms with Gasteiger partial charge in [0.2, 0.25) is 5.56 Å². The van der Waals surface area contributed by atoms with E-state index >= 15 is 0 Å². The highest BCUT2D eigenvalue weighted by molar-refractivity contribution is 5.98. The minimum absolute atomic E-state index is 0.133. The molecule has 0 saturated carbocycles. The zero-order chi connectivity index (χ0) is 16.7. The van der Waals surface area contributed by atoms with Gasteiger partial charge in [0.25, 0.3) is 5.91 Å². The minimum atomic E-state index is -0.358. The van der Waals surface area contributed by atoms with Crippen LogP contribution in [0.1, 0.15) is 40.6 Å². The molecule has 1 aromatic carbocycles. The lowest BCUT2D eigenvalue weighted by Crippen LogP contribution is -2.32. The highest BCUT2D eigenvalue weighted by Gasteiger charge is 2.23. The van der Waals surface area contributed by atoms with E-state index in [2.05, 4.69) is 15.3 Å². The van der Waals surface area contributed by atoms with Crippen molar-refractivity contribution in [1.82, 2.24) is 15.3 Å². The molecule has 1 amide bonds. The van der Waals surface area contributed by atoms with Crippen molar-refractivity contribution < 1.29 is 9.18 Å². The normalized spacial score (nSPS) is 16.8. The van der Waals surface area contributed by atoms with Crippen LogP contribution < -0.4 is 10.9 Å². The Hall–Kier alpha value is -2.89. The van der Waals surface area contributed by atoms with Crippen molar-refractivity contribution in [2.45, 2.75) is 25.3 Å². The maximum absolute atomic E-state index is 13.8. The Balaban J connectivity index is 1.62. The van der Waals surface area contributed by atoms with Crippen LogP contribution in [0.2, 0.25) is 0 Å². The van der Waals surface area contributed by atoms with Gasteiger partial charge in [-0.2, -0.15) is 0 Å². The molecule has 0 radical (unpaired) electrons. The molecule has 5 nitrogen and oxygen atoms in total. The average Bonchev–Trinajstić information content (AvgIpc) is 3.00. The molecule has 122 valence electrons. The number of aromatic amines is 2. The maximum Gasteiger partial charge on any atom is 0.268 e. The fourth-order valence-electron chi connectivity index (χ4n) is 3.33. The third kappa shape index (κ3) is 2.50. The summed E-state index contributed by atoms with van der Waals surface area (Å²) in [5.74, 6) is -0.641. The first kappa shape index (κ1) is 14.7. The van der Waals surface area contributed by atoms with Gasteiger partial charge in [0.1, 0.15) is 11.5 Å². The molecule has 0 aliphatic heterocycles. The molecule has 0 fully saturated rings. The Bertz CT molecular complexity index is 989. The van der Waals surface area contributed by atoms with Gasteiger partial charge < -0.3 is 15.3 Å². The lowest BCUT2D eigenvalue weighted by molar-refractivity contribution is 0.0928. The first-order valence-electron chi connectivity index (χ1n) is 7.92. The lowest BCUT2D eigenvalue weighted by Gasteiger charge is -2.25. The summed E-state index contributed by atoms with van der Waals surface area (Å²) in [7, 11) is 0. The Labute approximate surface area is 136 Å². The Morgan fingerprint density at radius 1 is 1.21 bits per heavy atom. The first-order chi connectivity index (χ1) is 11.6. The van der Waals surface area contributed by atoms with E-state index in [9.17, 15) is 14.0 Å². The summed E-state index contributed by atoms with van der Waals surface area (Å²) in [5, 5.41) is 3.38. The molecular weight excluding hydrogens is 309 g/mol. The molecule has 1 atom stereocenters. The maximum atomic E-state index is 13.8. The Morgan fingerprint density at radius 3 is 2.92 bits per heavy atom. The third-order valence-electron chi connectivity index (χ3n) is 4.49. The molecule has 0 unspecified atom stereocenters. The van der Waals surface area contributed by atoms with Crippen LogP contribution in [0.3, 0.4) is 0 Å².